The van der Waals surface area contributed by atoms with Crippen molar-refractivity contribution in [3.8, 4) is 5.75 Å². The topological polar surface area (TPSA) is 55.3 Å². The number of aryl methyl sites for hydroxylation is 1. The van der Waals surface area contributed by atoms with Gasteiger partial charge in [-0.15, -0.1) is 21.5 Å². The van der Waals surface area contributed by atoms with Crippen LogP contribution in [0.5, 0.6) is 5.75 Å². The largest absolute Gasteiger partial charge is 0.484 e. The van der Waals surface area contributed by atoms with Crippen LogP contribution < -0.4 is 4.74 Å². The molecule has 122 valence electrons. The van der Waals surface area contributed by atoms with Crippen LogP contribution in [0, 0.1) is 0 Å². The molecule has 1 fully saturated rings. The number of aromatic nitrogens is 2. The maximum Gasteiger partial charge on any atom is 0.260 e. The zero-order chi connectivity index (χ0) is 16.1. The first-order valence-electron chi connectivity index (χ1n) is 8.04. The minimum atomic E-state index is 0.0545. The number of amides is 1. The fraction of sp³-hybridized carbons (Fsp3) is 0.471. The normalized spacial score (nSPS) is 15.6. The van der Waals surface area contributed by atoms with Crippen LogP contribution in [0.4, 0.5) is 0 Å². The summed E-state index contributed by atoms with van der Waals surface area (Å²) in [5.74, 6) is 1.22. The van der Waals surface area contributed by atoms with E-state index in [1.807, 2.05) is 35.2 Å². The lowest BCUT2D eigenvalue weighted by Gasteiger charge is -2.30. The summed E-state index contributed by atoms with van der Waals surface area (Å²) in [4.78, 5) is 14.1. The van der Waals surface area contributed by atoms with Crippen molar-refractivity contribution < 1.29 is 9.53 Å². The first-order chi connectivity index (χ1) is 11.3. The highest BCUT2D eigenvalue weighted by Crippen LogP contribution is 2.30. The summed E-state index contributed by atoms with van der Waals surface area (Å²) >= 11 is 1.71. The van der Waals surface area contributed by atoms with Crippen molar-refractivity contribution in [2.45, 2.75) is 32.1 Å². The van der Waals surface area contributed by atoms with E-state index in [0.717, 1.165) is 48.1 Å². The third kappa shape index (κ3) is 4.07. The van der Waals surface area contributed by atoms with Gasteiger partial charge in [0, 0.05) is 19.0 Å². The van der Waals surface area contributed by atoms with Gasteiger partial charge in [0.2, 0.25) is 0 Å². The summed E-state index contributed by atoms with van der Waals surface area (Å²) in [6.45, 7) is 3.73. The van der Waals surface area contributed by atoms with Crippen molar-refractivity contribution in [2.24, 2.45) is 0 Å². The van der Waals surface area contributed by atoms with Crippen LogP contribution in [-0.4, -0.2) is 40.7 Å². The van der Waals surface area contributed by atoms with Crippen LogP contribution in [0.25, 0.3) is 0 Å². The van der Waals surface area contributed by atoms with Gasteiger partial charge in [0.25, 0.3) is 5.91 Å². The third-order valence-electron chi connectivity index (χ3n) is 4.09. The Morgan fingerprint density at radius 2 is 2.00 bits per heavy atom. The van der Waals surface area contributed by atoms with Crippen LogP contribution in [0.3, 0.4) is 0 Å². The van der Waals surface area contributed by atoms with E-state index in [4.69, 9.17) is 4.74 Å². The summed E-state index contributed by atoms with van der Waals surface area (Å²) < 4.78 is 5.54. The summed E-state index contributed by atoms with van der Waals surface area (Å²) in [5.41, 5.74) is 0. The Hall–Kier alpha value is -1.95. The molecule has 5 nitrogen and oxygen atoms in total. The number of rotatable bonds is 5. The van der Waals surface area contributed by atoms with Gasteiger partial charge in [-0.3, -0.25) is 4.79 Å². The first-order valence-corrected chi connectivity index (χ1v) is 8.86. The Morgan fingerprint density at radius 1 is 1.26 bits per heavy atom. The van der Waals surface area contributed by atoms with Crippen molar-refractivity contribution in [3.63, 3.8) is 0 Å². The number of hydrogen-bond acceptors (Lipinski definition) is 5. The number of piperidine rings is 1. The van der Waals surface area contributed by atoms with Gasteiger partial charge >= 0.3 is 0 Å². The standard InChI is InChI=1S/C17H21N3O2S/c1-2-15-18-19-17(23-15)13-8-10-20(11-9-13)16(21)12-22-14-6-4-3-5-7-14/h3-7,13H,2,8-12H2,1H3. The van der Waals surface area contributed by atoms with E-state index >= 15 is 0 Å². The van der Waals surface area contributed by atoms with Crippen LogP contribution in [0.1, 0.15) is 35.7 Å². The van der Waals surface area contributed by atoms with Gasteiger partial charge in [-0.1, -0.05) is 25.1 Å². The number of likely N-dealkylation sites (tertiary alicyclic amines) is 1. The van der Waals surface area contributed by atoms with Gasteiger partial charge in [-0.2, -0.15) is 0 Å². The minimum Gasteiger partial charge on any atom is -0.484 e. The molecule has 1 aliphatic heterocycles. The van der Waals surface area contributed by atoms with Crippen LogP contribution >= 0.6 is 11.3 Å². The van der Waals surface area contributed by atoms with E-state index < -0.39 is 0 Å². The van der Waals surface area contributed by atoms with E-state index in [1.54, 1.807) is 11.3 Å². The maximum absolute atomic E-state index is 12.2. The SMILES string of the molecule is CCc1nnc(C2CCN(C(=O)COc3ccccc3)CC2)s1. The predicted molar refractivity (Wildman–Crippen MR) is 89.8 cm³/mol. The summed E-state index contributed by atoms with van der Waals surface area (Å²) in [5, 5.41) is 10.7. The highest BCUT2D eigenvalue weighted by atomic mass is 32.1. The number of ether oxygens (including phenoxy) is 1. The average Bonchev–Trinajstić information content (AvgIpc) is 3.10. The van der Waals surface area contributed by atoms with E-state index in [0.29, 0.717) is 5.92 Å². The monoisotopic (exact) mass is 331 g/mol. The van der Waals surface area contributed by atoms with E-state index in [1.165, 1.54) is 0 Å². The summed E-state index contributed by atoms with van der Waals surface area (Å²) in [6, 6.07) is 9.45. The van der Waals surface area contributed by atoms with Crippen molar-refractivity contribution in [2.75, 3.05) is 19.7 Å². The zero-order valence-electron chi connectivity index (χ0n) is 13.3. The van der Waals surface area contributed by atoms with Crippen molar-refractivity contribution in [1.82, 2.24) is 15.1 Å². The van der Waals surface area contributed by atoms with Gasteiger partial charge in [0.1, 0.15) is 15.8 Å². The number of para-hydroxylation sites is 1. The van der Waals surface area contributed by atoms with Gasteiger partial charge in [-0.25, -0.2) is 0 Å². The molecular formula is C17H21N3O2S. The van der Waals surface area contributed by atoms with Gasteiger partial charge < -0.3 is 9.64 Å². The molecule has 2 heterocycles. The molecule has 3 rings (SSSR count). The maximum atomic E-state index is 12.2. The lowest BCUT2D eigenvalue weighted by Crippen LogP contribution is -2.40. The second-order valence-corrected chi connectivity index (χ2v) is 6.74. The van der Waals surface area contributed by atoms with Crippen LogP contribution in [0.2, 0.25) is 0 Å². The minimum absolute atomic E-state index is 0.0545. The molecule has 0 N–H and O–H groups in total. The quantitative estimate of drug-likeness (QED) is 0.845. The molecule has 1 aromatic heterocycles. The Balaban J connectivity index is 1.47. The van der Waals surface area contributed by atoms with Gasteiger partial charge in [0.15, 0.2) is 6.61 Å². The fourth-order valence-corrected chi connectivity index (χ4v) is 3.65. The van der Waals surface area contributed by atoms with Gasteiger partial charge in [0.05, 0.1) is 0 Å². The molecule has 0 saturated carbocycles. The third-order valence-corrected chi connectivity index (χ3v) is 5.32. The molecule has 1 aromatic carbocycles. The molecule has 6 heteroatoms. The number of benzene rings is 1. The lowest BCUT2D eigenvalue weighted by atomic mass is 9.98. The van der Waals surface area contributed by atoms with Gasteiger partial charge in [-0.05, 0) is 31.4 Å². The molecule has 1 aliphatic rings. The average molecular weight is 331 g/mol. The second kappa shape index (κ2) is 7.55. The molecule has 0 unspecified atom stereocenters. The van der Waals surface area contributed by atoms with E-state index in [2.05, 4.69) is 17.1 Å². The predicted octanol–water partition coefficient (Wildman–Crippen LogP) is 2.89. The molecule has 0 radical (unpaired) electrons. The van der Waals surface area contributed by atoms with Crippen LogP contribution in [0.15, 0.2) is 30.3 Å². The Kier molecular flexibility index (Phi) is 5.23. The first kappa shape index (κ1) is 15.9. The molecule has 2 aromatic rings. The fourth-order valence-electron chi connectivity index (χ4n) is 2.70. The number of hydrogen-bond donors (Lipinski definition) is 0. The summed E-state index contributed by atoms with van der Waals surface area (Å²) in [6.07, 6.45) is 2.84. The van der Waals surface area contributed by atoms with Crippen molar-refractivity contribution >= 4 is 17.2 Å². The van der Waals surface area contributed by atoms with Crippen molar-refractivity contribution in [3.05, 3.63) is 40.3 Å². The Morgan fingerprint density at radius 3 is 2.65 bits per heavy atom. The molecular weight excluding hydrogens is 310 g/mol. The zero-order valence-corrected chi connectivity index (χ0v) is 14.1. The van der Waals surface area contributed by atoms with E-state index in [-0.39, 0.29) is 12.5 Å². The van der Waals surface area contributed by atoms with Crippen molar-refractivity contribution in [1.29, 1.82) is 0 Å². The molecule has 0 aliphatic carbocycles. The summed E-state index contributed by atoms with van der Waals surface area (Å²) in [7, 11) is 0. The molecule has 23 heavy (non-hydrogen) atoms. The molecule has 1 saturated heterocycles. The lowest BCUT2D eigenvalue weighted by molar-refractivity contribution is -0.134. The Bertz CT molecular complexity index is 636. The molecule has 1 amide bonds. The molecule has 0 spiro atoms. The molecule has 0 atom stereocenters. The smallest absolute Gasteiger partial charge is 0.260 e. The number of carbonyl (C=O) groups excluding carboxylic acids is 1. The highest BCUT2D eigenvalue weighted by molar-refractivity contribution is 7.11. The van der Waals surface area contributed by atoms with E-state index in [9.17, 15) is 4.79 Å². The number of nitrogens with zero attached hydrogens (tertiary/aromatic N) is 3. The number of carbonyl (C=O) groups is 1. The molecule has 0 bridgehead atoms. The highest BCUT2D eigenvalue weighted by Gasteiger charge is 2.26. The van der Waals surface area contributed by atoms with Crippen LogP contribution in [-0.2, 0) is 11.2 Å². The second-order valence-electron chi connectivity index (χ2n) is 5.64. The Labute approximate surface area is 140 Å².